The zero-order chi connectivity index (χ0) is 18.2. The molecule has 27 heavy (non-hydrogen) atoms. The van der Waals surface area contributed by atoms with Gasteiger partial charge in [-0.2, -0.15) is 0 Å². The molecule has 4 aromatic heterocycles. The lowest BCUT2D eigenvalue weighted by Crippen LogP contribution is -2.03. The van der Waals surface area contributed by atoms with Gasteiger partial charge in [0, 0.05) is 29.5 Å². The van der Waals surface area contributed by atoms with Gasteiger partial charge in [-0.1, -0.05) is 17.3 Å². The van der Waals surface area contributed by atoms with Gasteiger partial charge < -0.3 is 0 Å². The lowest BCUT2D eigenvalue weighted by molar-refractivity contribution is 0.665. The molecule has 7 nitrogen and oxygen atoms in total. The maximum absolute atomic E-state index is 4.74. The summed E-state index contributed by atoms with van der Waals surface area (Å²) < 4.78 is 1.81. The van der Waals surface area contributed by atoms with Crippen LogP contribution in [0, 0.1) is 6.92 Å². The van der Waals surface area contributed by atoms with E-state index in [1.54, 1.807) is 18.6 Å². The molecule has 1 aromatic carbocycles. The van der Waals surface area contributed by atoms with E-state index in [0.717, 1.165) is 44.7 Å². The Bertz CT molecular complexity index is 1260. The molecule has 0 spiro atoms. The number of nitrogens with zero attached hydrogens (tertiary/aromatic N) is 7. The standard InChI is InChI=1S/C20H15N7/c1-13-22-10-16(11-23-13)18-6-7-19-20(24-18)27(26-25-19)12-14-4-5-17-15(9-14)3-2-8-21-17/h2-11H,12H2,1H3. The average Bonchev–Trinajstić information content (AvgIpc) is 3.10. The van der Waals surface area contributed by atoms with Crippen molar-refractivity contribution < 1.29 is 0 Å². The van der Waals surface area contributed by atoms with Crippen LogP contribution in [0.5, 0.6) is 0 Å². The van der Waals surface area contributed by atoms with Crippen LogP contribution in [0.4, 0.5) is 0 Å². The lowest BCUT2D eigenvalue weighted by Gasteiger charge is -2.05. The van der Waals surface area contributed by atoms with Crippen molar-refractivity contribution >= 4 is 22.1 Å². The van der Waals surface area contributed by atoms with Crippen LogP contribution in [0.1, 0.15) is 11.4 Å². The summed E-state index contributed by atoms with van der Waals surface area (Å²) in [6.45, 7) is 2.45. The third kappa shape index (κ3) is 2.89. The highest BCUT2D eigenvalue weighted by molar-refractivity contribution is 5.79. The Morgan fingerprint density at radius 1 is 0.926 bits per heavy atom. The Morgan fingerprint density at radius 2 is 1.78 bits per heavy atom. The second-order valence-corrected chi connectivity index (χ2v) is 6.34. The summed E-state index contributed by atoms with van der Waals surface area (Å²) in [6.07, 6.45) is 5.36. The second-order valence-electron chi connectivity index (χ2n) is 6.34. The highest BCUT2D eigenvalue weighted by Gasteiger charge is 2.10. The molecule has 0 bridgehead atoms. The van der Waals surface area contributed by atoms with Crippen molar-refractivity contribution in [1.29, 1.82) is 0 Å². The summed E-state index contributed by atoms with van der Waals surface area (Å²) in [5.41, 5.74) is 5.26. The maximum atomic E-state index is 4.74. The molecule has 5 aromatic rings. The van der Waals surface area contributed by atoms with Crippen LogP contribution in [0.2, 0.25) is 0 Å². The van der Waals surface area contributed by atoms with Gasteiger partial charge in [0.05, 0.1) is 17.8 Å². The van der Waals surface area contributed by atoms with Crippen molar-refractivity contribution in [2.45, 2.75) is 13.5 Å². The summed E-state index contributed by atoms with van der Waals surface area (Å²) in [5, 5.41) is 9.61. The summed E-state index contributed by atoms with van der Waals surface area (Å²) in [7, 11) is 0. The summed E-state index contributed by atoms with van der Waals surface area (Å²) >= 11 is 0. The van der Waals surface area contributed by atoms with E-state index in [1.807, 2.05) is 35.9 Å². The van der Waals surface area contributed by atoms with E-state index in [4.69, 9.17) is 4.98 Å². The van der Waals surface area contributed by atoms with Crippen LogP contribution in [-0.4, -0.2) is 34.9 Å². The predicted octanol–water partition coefficient (Wildman–Crippen LogP) is 3.19. The molecule has 0 saturated heterocycles. The number of hydrogen-bond acceptors (Lipinski definition) is 6. The molecule has 0 fully saturated rings. The number of hydrogen-bond donors (Lipinski definition) is 0. The minimum atomic E-state index is 0.586. The first-order valence-electron chi connectivity index (χ1n) is 8.59. The Hall–Kier alpha value is -3.74. The first kappa shape index (κ1) is 15.5. The average molecular weight is 353 g/mol. The smallest absolute Gasteiger partial charge is 0.179 e. The molecule has 0 aliphatic heterocycles. The lowest BCUT2D eigenvalue weighted by atomic mass is 10.1. The SMILES string of the molecule is Cc1ncc(-c2ccc3nnn(Cc4ccc5ncccc5c4)c3n2)cn1. The normalized spacial score (nSPS) is 11.3. The van der Waals surface area contributed by atoms with Crippen molar-refractivity contribution in [3.05, 3.63) is 72.4 Å². The Balaban J connectivity index is 1.54. The molecular formula is C20H15N7. The largest absolute Gasteiger partial charge is 0.256 e. The fourth-order valence-corrected chi connectivity index (χ4v) is 3.04. The highest BCUT2D eigenvalue weighted by Crippen LogP contribution is 2.20. The van der Waals surface area contributed by atoms with E-state index in [1.165, 1.54) is 0 Å². The van der Waals surface area contributed by atoms with Gasteiger partial charge in [-0.15, -0.1) is 5.10 Å². The molecule has 5 rings (SSSR count). The fraction of sp³-hybridized carbons (Fsp3) is 0.100. The number of benzene rings is 1. The molecule has 0 saturated carbocycles. The van der Waals surface area contributed by atoms with Crippen molar-refractivity contribution in [1.82, 2.24) is 34.9 Å². The molecule has 0 radical (unpaired) electrons. The zero-order valence-electron chi connectivity index (χ0n) is 14.6. The van der Waals surface area contributed by atoms with E-state index >= 15 is 0 Å². The maximum Gasteiger partial charge on any atom is 0.179 e. The molecule has 0 aliphatic rings. The van der Waals surface area contributed by atoms with Gasteiger partial charge in [0.15, 0.2) is 5.65 Å². The zero-order valence-corrected chi connectivity index (χ0v) is 14.6. The molecule has 7 heteroatoms. The molecule has 0 aliphatic carbocycles. The molecule has 130 valence electrons. The van der Waals surface area contributed by atoms with Gasteiger partial charge in [-0.3, -0.25) is 4.98 Å². The van der Waals surface area contributed by atoms with E-state index in [-0.39, 0.29) is 0 Å². The number of aromatic nitrogens is 7. The van der Waals surface area contributed by atoms with Crippen LogP contribution < -0.4 is 0 Å². The number of fused-ring (bicyclic) bond motifs is 2. The highest BCUT2D eigenvalue weighted by atomic mass is 15.4. The first-order chi connectivity index (χ1) is 13.3. The minimum absolute atomic E-state index is 0.586. The third-order valence-electron chi connectivity index (χ3n) is 4.44. The van der Waals surface area contributed by atoms with Gasteiger partial charge in [0.25, 0.3) is 0 Å². The van der Waals surface area contributed by atoms with Gasteiger partial charge in [-0.05, 0) is 42.8 Å². The molecule has 0 atom stereocenters. The number of aryl methyl sites for hydroxylation is 1. The summed E-state index contributed by atoms with van der Waals surface area (Å²) in [6, 6.07) is 14.0. The van der Waals surface area contributed by atoms with Crippen LogP contribution >= 0.6 is 0 Å². The van der Waals surface area contributed by atoms with E-state index < -0.39 is 0 Å². The van der Waals surface area contributed by atoms with Crippen LogP contribution in [0.3, 0.4) is 0 Å². The second kappa shape index (κ2) is 6.21. The molecule has 4 heterocycles. The van der Waals surface area contributed by atoms with Crippen LogP contribution in [0.25, 0.3) is 33.3 Å². The summed E-state index contributed by atoms with van der Waals surface area (Å²) in [4.78, 5) is 17.6. The van der Waals surface area contributed by atoms with Crippen molar-refractivity contribution in [2.24, 2.45) is 0 Å². The van der Waals surface area contributed by atoms with Crippen LogP contribution in [0.15, 0.2) is 61.1 Å². The van der Waals surface area contributed by atoms with E-state index in [2.05, 4.69) is 43.5 Å². The van der Waals surface area contributed by atoms with Crippen molar-refractivity contribution in [3.63, 3.8) is 0 Å². The van der Waals surface area contributed by atoms with E-state index in [9.17, 15) is 0 Å². The number of pyridine rings is 2. The fourth-order valence-electron chi connectivity index (χ4n) is 3.04. The first-order valence-corrected chi connectivity index (χ1v) is 8.59. The van der Waals surface area contributed by atoms with Crippen molar-refractivity contribution in [3.8, 4) is 11.3 Å². The number of rotatable bonds is 3. The Labute approximate surface area is 154 Å². The Morgan fingerprint density at radius 3 is 2.67 bits per heavy atom. The summed E-state index contributed by atoms with van der Waals surface area (Å²) in [5.74, 6) is 0.734. The van der Waals surface area contributed by atoms with Crippen molar-refractivity contribution in [2.75, 3.05) is 0 Å². The topological polar surface area (TPSA) is 82.3 Å². The minimum Gasteiger partial charge on any atom is -0.256 e. The molecule has 0 amide bonds. The quantitative estimate of drug-likeness (QED) is 0.495. The van der Waals surface area contributed by atoms with Gasteiger partial charge in [0.1, 0.15) is 11.3 Å². The van der Waals surface area contributed by atoms with Gasteiger partial charge >= 0.3 is 0 Å². The third-order valence-corrected chi connectivity index (χ3v) is 4.44. The predicted molar refractivity (Wildman–Crippen MR) is 102 cm³/mol. The monoisotopic (exact) mass is 353 g/mol. The Kier molecular flexibility index (Phi) is 3.57. The van der Waals surface area contributed by atoms with E-state index in [0.29, 0.717) is 6.54 Å². The van der Waals surface area contributed by atoms with Crippen LogP contribution in [-0.2, 0) is 6.54 Å². The molecule has 0 unspecified atom stereocenters. The molecule has 0 N–H and O–H groups in total. The van der Waals surface area contributed by atoms with Gasteiger partial charge in [-0.25, -0.2) is 19.6 Å². The molecular weight excluding hydrogens is 338 g/mol. The van der Waals surface area contributed by atoms with Gasteiger partial charge in [0.2, 0.25) is 0 Å².